The van der Waals surface area contributed by atoms with Gasteiger partial charge in [0, 0.05) is 25.7 Å². The summed E-state index contributed by atoms with van der Waals surface area (Å²) < 4.78 is 27.2. The van der Waals surface area contributed by atoms with Crippen LogP contribution in [0, 0.1) is 0 Å². The molecule has 0 aliphatic carbocycles. The van der Waals surface area contributed by atoms with Gasteiger partial charge in [-0.3, -0.25) is 0 Å². The lowest BCUT2D eigenvalue weighted by atomic mass is 10.2. The number of pyridine rings is 1. The third-order valence-electron chi connectivity index (χ3n) is 3.42. The molecule has 7 heteroatoms. The van der Waals surface area contributed by atoms with Crippen LogP contribution in [0.5, 0.6) is 0 Å². The van der Waals surface area contributed by atoms with E-state index in [1.165, 1.54) is 18.4 Å². The molecule has 0 atom stereocenters. The predicted molar refractivity (Wildman–Crippen MR) is 85.3 cm³/mol. The number of halogens is 1. The van der Waals surface area contributed by atoms with Crippen LogP contribution in [-0.2, 0) is 10.0 Å². The average Bonchev–Trinajstić information content (AvgIpc) is 2.90. The highest BCUT2D eigenvalue weighted by atomic mass is 35.5. The van der Waals surface area contributed by atoms with Gasteiger partial charge >= 0.3 is 0 Å². The van der Waals surface area contributed by atoms with Crippen molar-refractivity contribution < 1.29 is 12.8 Å². The number of aromatic amines is 1. The van der Waals surface area contributed by atoms with Crippen LogP contribution < -0.4 is 4.40 Å². The van der Waals surface area contributed by atoms with Crippen LogP contribution in [-0.4, -0.2) is 31.8 Å². The number of nitrogens with one attached hydrogen (secondary N) is 1. The summed E-state index contributed by atoms with van der Waals surface area (Å²) in [5.41, 5.74) is 2.69. The Bertz CT molecular complexity index is 931. The first-order valence-electron chi connectivity index (χ1n) is 6.60. The molecule has 22 heavy (non-hydrogen) atoms. The normalized spacial score (nSPS) is 12.2. The molecule has 3 aromatic rings. The second kappa shape index (κ2) is 5.39. The van der Waals surface area contributed by atoms with Crippen molar-refractivity contribution in [2.24, 2.45) is 0 Å². The maximum absolute atomic E-state index is 12.1. The smallest absolute Gasteiger partial charge is 0.237 e. The third kappa shape index (κ3) is 2.61. The number of benzene rings is 1. The molecule has 0 radical (unpaired) electrons. The first-order valence-corrected chi connectivity index (χ1v) is 8.42. The van der Waals surface area contributed by atoms with E-state index >= 15 is 0 Å². The van der Waals surface area contributed by atoms with Crippen molar-refractivity contribution in [3.05, 3.63) is 53.8 Å². The SMILES string of the molecule is CN(C)S(=O)(=O)c1ccc(-c2c[n+]3cc(Cl)ccc3[nH]2)cc1. The average molecular weight is 337 g/mol. The Labute approximate surface area is 133 Å². The highest BCUT2D eigenvalue weighted by molar-refractivity contribution is 7.89. The van der Waals surface area contributed by atoms with Crippen molar-refractivity contribution in [2.75, 3.05) is 14.1 Å². The minimum Gasteiger partial charge on any atom is -0.237 e. The van der Waals surface area contributed by atoms with Gasteiger partial charge in [0.25, 0.3) is 5.65 Å². The Morgan fingerprint density at radius 2 is 1.73 bits per heavy atom. The number of imidazole rings is 1. The molecule has 0 aliphatic heterocycles. The van der Waals surface area contributed by atoms with Crippen LogP contribution >= 0.6 is 11.6 Å². The zero-order valence-corrected chi connectivity index (χ0v) is 13.7. The van der Waals surface area contributed by atoms with E-state index in [9.17, 15) is 8.42 Å². The topological polar surface area (TPSA) is 57.3 Å². The molecule has 2 heterocycles. The Morgan fingerprint density at radius 3 is 2.36 bits per heavy atom. The van der Waals surface area contributed by atoms with Gasteiger partial charge < -0.3 is 0 Å². The zero-order chi connectivity index (χ0) is 15.9. The van der Waals surface area contributed by atoms with Crippen molar-refractivity contribution in [3.8, 4) is 11.3 Å². The van der Waals surface area contributed by atoms with Gasteiger partial charge in [-0.25, -0.2) is 22.1 Å². The lowest BCUT2D eigenvalue weighted by molar-refractivity contribution is -0.509. The number of nitrogens with zero attached hydrogens (tertiary/aromatic N) is 2. The standard InChI is InChI=1S/C15H14ClN3O2S/c1-18(2)22(20,21)13-6-3-11(4-7-13)14-10-19-9-12(16)5-8-15(19)17-14/h3-10H,1-2H3/p+1. The first-order chi connectivity index (χ1) is 10.4. The van der Waals surface area contributed by atoms with Gasteiger partial charge in [0.1, 0.15) is 12.4 Å². The number of aromatic nitrogens is 2. The van der Waals surface area contributed by atoms with E-state index in [1.807, 2.05) is 28.9 Å². The van der Waals surface area contributed by atoms with E-state index in [0.29, 0.717) is 5.02 Å². The number of fused-ring (bicyclic) bond motifs is 1. The number of sulfonamides is 1. The van der Waals surface area contributed by atoms with E-state index in [2.05, 4.69) is 4.98 Å². The van der Waals surface area contributed by atoms with Crippen molar-refractivity contribution >= 4 is 27.3 Å². The van der Waals surface area contributed by atoms with Crippen LogP contribution in [0.2, 0.25) is 5.02 Å². The van der Waals surface area contributed by atoms with Gasteiger partial charge in [0.15, 0.2) is 5.69 Å². The van der Waals surface area contributed by atoms with Crippen LogP contribution in [0.1, 0.15) is 0 Å². The molecule has 0 saturated heterocycles. The molecule has 0 spiro atoms. The van der Waals surface area contributed by atoms with Gasteiger partial charge in [-0.15, -0.1) is 0 Å². The predicted octanol–water partition coefficient (Wildman–Crippen LogP) is 2.32. The quantitative estimate of drug-likeness (QED) is 0.746. The Kier molecular flexibility index (Phi) is 3.68. The van der Waals surface area contributed by atoms with Gasteiger partial charge in [0.2, 0.25) is 10.0 Å². The Morgan fingerprint density at radius 1 is 1.05 bits per heavy atom. The summed E-state index contributed by atoms with van der Waals surface area (Å²) in [6, 6.07) is 10.5. The lowest BCUT2D eigenvalue weighted by Gasteiger charge is -2.11. The fourth-order valence-electron chi connectivity index (χ4n) is 2.18. The summed E-state index contributed by atoms with van der Waals surface area (Å²) in [5, 5.41) is 0.649. The first kappa shape index (κ1) is 15.0. The van der Waals surface area contributed by atoms with Crippen LogP contribution in [0.3, 0.4) is 0 Å². The molecule has 0 fully saturated rings. The summed E-state index contributed by atoms with van der Waals surface area (Å²) in [7, 11) is -0.375. The van der Waals surface area contributed by atoms with Crippen molar-refractivity contribution in [3.63, 3.8) is 0 Å². The van der Waals surface area contributed by atoms with E-state index < -0.39 is 10.0 Å². The molecule has 0 unspecified atom stereocenters. The molecule has 0 amide bonds. The number of hydrogen-bond acceptors (Lipinski definition) is 2. The molecule has 1 aromatic carbocycles. The summed E-state index contributed by atoms with van der Waals surface area (Å²) in [4.78, 5) is 3.54. The fourth-order valence-corrected chi connectivity index (χ4v) is 3.25. The molecule has 0 aliphatic rings. The van der Waals surface area contributed by atoms with E-state index in [0.717, 1.165) is 16.9 Å². The van der Waals surface area contributed by atoms with E-state index in [-0.39, 0.29) is 4.90 Å². The second-order valence-corrected chi connectivity index (χ2v) is 7.71. The minimum atomic E-state index is -3.41. The highest BCUT2D eigenvalue weighted by Gasteiger charge is 2.18. The van der Waals surface area contributed by atoms with Crippen LogP contribution in [0.4, 0.5) is 0 Å². The third-order valence-corrected chi connectivity index (χ3v) is 5.47. The van der Waals surface area contributed by atoms with Crippen molar-refractivity contribution in [1.29, 1.82) is 0 Å². The maximum Gasteiger partial charge on any atom is 0.284 e. The summed E-state index contributed by atoms with van der Waals surface area (Å²) in [5.74, 6) is 0. The molecular weight excluding hydrogens is 322 g/mol. The molecule has 5 nitrogen and oxygen atoms in total. The van der Waals surface area contributed by atoms with E-state index in [4.69, 9.17) is 11.6 Å². The second-order valence-electron chi connectivity index (χ2n) is 5.12. The van der Waals surface area contributed by atoms with Gasteiger partial charge in [-0.05, 0) is 30.3 Å². The van der Waals surface area contributed by atoms with Crippen LogP contribution in [0.25, 0.3) is 16.9 Å². The van der Waals surface area contributed by atoms with Gasteiger partial charge in [-0.2, -0.15) is 0 Å². The number of H-pyrrole nitrogens is 1. The van der Waals surface area contributed by atoms with Crippen LogP contribution in [0.15, 0.2) is 53.7 Å². The van der Waals surface area contributed by atoms with Crippen molar-refractivity contribution in [1.82, 2.24) is 9.29 Å². The highest BCUT2D eigenvalue weighted by Crippen LogP contribution is 2.21. The molecule has 3 rings (SSSR count). The molecule has 2 aromatic heterocycles. The molecule has 0 bridgehead atoms. The maximum atomic E-state index is 12.1. The summed E-state index contributed by atoms with van der Waals surface area (Å²) >= 11 is 5.97. The summed E-state index contributed by atoms with van der Waals surface area (Å²) in [6.07, 6.45) is 3.72. The van der Waals surface area contributed by atoms with Gasteiger partial charge in [0.05, 0.1) is 9.92 Å². The van der Waals surface area contributed by atoms with Crippen molar-refractivity contribution in [2.45, 2.75) is 4.90 Å². The number of rotatable bonds is 3. The molecule has 0 saturated carbocycles. The lowest BCUT2D eigenvalue weighted by Crippen LogP contribution is -2.22. The number of hydrogen-bond donors (Lipinski definition) is 1. The largest absolute Gasteiger partial charge is 0.284 e. The Hall–Kier alpha value is -1.89. The monoisotopic (exact) mass is 336 g/mol. The van der Waals surface area contributed by atoms with Gasteiger partial charge in [-0.1, -0.05) is 11.6 Å². The molecule has 114 valence electrons. The minimum absolute atomic E-state index is 0.271. The van der Waals surface area contributed by atoms with E-state index in [1.54, 1.807) is 24.3 Å². The summed E-state index contributed by atoms with van der Waals surface area (Å²) in [6.45, 7) is 0. The molecule has 1 N–H and O–H groups in total. The Balaban J connectivity index is 2.01. The fraction of sp³-hybridized carbons (Fsp3) is 0.133. The molecular formula is C15H15ClN3O2S+. The zero-order valence-electron chi connectivity index (χ0n) is 12.1.